The van der Waals surface area contributed by atoms with Crippen molar-refractivity contribution in [2.75, 3.05) is 0 Å². The van der Waals surface area contributed by atoms with Gasteiger partial charge in [-0.15, -0.1) is 0 Å². The van der Waals surface area contributed by atoms with Gasteiger partial charge in [-0.05, 0) is 42.7 Å². The van der Waals surface area contributed by atoms with E-state index < -0.39 is 0 Å². The smallest absolute Gasteiger partial charge is 0.171 e. The lowest BCUT2D eigenvalue weighted by atomic mass is 10.2. The number of pyridine rings is 1. The Balaban J connectivity index is 2.01. The van der Waals surface area contributed by atoms with Crippen LogP contribution in [0.25, 0.3) is 0 Å². The quantitative estimate of drug-likeness (QED) is 0.877. The van der Waals surface area contributed by atoms with E-state index in [1.807, 2.05) is 6.07 Å². The molecule has 0 unspecified atom stereocenters. The summed E-state index contributed by atoms with van der Waals surface area (Å²) in [5.74, 6) is 0. The van der Waals surface area contributed by atoms with E-state index in [9.17, 15) is 0 Å². The van der Waals surface area contributed by atoms with E-state index in [2.05, 4.69) is 21.0 Å². The summed E-state index contributed by atoms with van der Waals surface area (Å²) < 4.78 is 0. The molecule has 2 heterocycles. The van der Waals surface area contributed by atoms with Gasteiger partial charge in [0.25, 0.3) is 0 Å². The molecule has 5 heteroatoms. The molecule has 4 nitrogen and oxygen atoms in total. The molecular formula is C12H10N4S. The molecular weight excluding hydrogens is 232 g/mol. The lowest BCUT2D eigenvalue weighted by molar-refractivity contribution is 0.890. The summed E-state index contributed by atoms with van der Waals surface area (Å²) in [5.41, 5.74) is 3.01. The van der Waals surface area contributed by atoms with Crippen LogP contribution >= 0.6 is 11.8 Å². The van der Waals surface area contributed by atoms with E-state index >= 15 is 0 Å². The van der Waals surface area contributed by atoms with Crippen LogP contribution in [0.4, 0.5) is 0 Å². The summed E-state index contributed by atoms with van der Waals surface area (Å²) >= 11 is 1.41. The van der Waals surface area contributed by atoms with Gasteiger partial charge in [0.05, 0.1) is 5.56 Å². The monoisotopic (exact) mass is 242 g/mol. The van der Waals surface area contributed by atoms with Crippen LogP contribution in [0.3, 0.4) is 0 Å². The van der Waals surface area contributed by atoms with E-state index in [1.54, 1.807) is 12.4 Å². The van der Waals surface area contributed by atoms with Gasteiger partial charge in [0.1, 0.15) is 11.1 Å². The number of hydrogen-bond donors (Lipinski definition) is 1. The number of fused-ring (bicyclic) bond motifs is 1. The van der Waals surface area contributed by atoms with Crippen LogP contribution in [-0.2, 0) is 12.8 Å². The molecule has 2 aromatic heterocycles. The highest BCUT2D eigenvalue weighted by Crippen LogP contribution is 2.30. The normalized spacial score (nSPS) is 13.4. The van der Waals surface area contributed by atoms with Crippen molar-refractivity contribution in [3.05, 3.63) is 35.3 Å². The Labute approximate surface area is 103 Å². The van der Waals surface area contributed by atoms with Gasteiger partial charge in [-0.2, -0.15) is 5.26 Å². The first-order valence-corrected chi connectivity index (χ1v) is 6.28. The minimum absolute atomic E-state index is 0.645. The van der Waals surface area contributed by atoms with Gasteiger partial charge in [-0.25, -0.2) is 9.97 Å². The third kappa shape index (κ3) is 1.92. The Bertz CT molecular complexity index is 583. The van der Waals surface area contributed by atoms with Gasteiger partial charge >= 0.3 is 0 Å². The minimum atomic E-state index is 0.645. The van der Waals surface area contributed by atoms with Gasteiger partial charge in [0.2, 0.25) is 0 Å². The maximum atomic E-state index is 9.14. The fraction of sp³-hybridized carbons (Fsp3) is 0.250. The van der Waals surface area contributed by atoms with Crippen LogP contribution in [0.5, 0.6) is 0 Å². The second kappa shape index (κ2) is 4.22. The molecule has 0 fully saturated rings. The van der Waals surface area contributed by atoms with Gasteiger partial charge in [0, 0.05) is 18.1 Å². The topological polar surface area (TPSA) is 65.4 Å². The number of hydrogen-bond acceptors (Lipinski definition) is 4. The van der Waals surface area contributed by atoms with Crippen molar-refractivity contribution in [1.29, 1.82) is 5.26 Å². The summed E-state index contributed by atoms with van der Waals surface area (Å²) in [6, 6.07) is 4.19. The zero-order valence-electron chi connectivity index (χ0n) is 9.10. The van der Waals surface area contributed by atoms with E-state index in [4.69, 9.17) is 5.26 Å². The summed E-state index contributed by atoms with van der Waals surface area (Å²) in [5, 5.41) is 10.7. The Hall–Kier alpha value is -1.80. The van der Waals surface area contributed by atoms with Crippen molar-refractivity contribution in [3.8, 4) is 6.07 Å². The highest BCUT2D eigenvalue weighted by Gasteiger charge is 2.17. The summed E-state index contributed by atoms with van der Waals surface area (Å²) in [6.07, 6.45) is 6.67. The number of H-pyrrole nitrogens is 1. The first kappa shape index (κ1) is 10.4. The number of aryl methyl sites for hydroxylation is 2. The molecule has 0 saturated heterocycles. The number of nitrogens with one attached hydrogen (secondary N) is 1. The molecule has 17 heavy (non-hydrogen) atoms. The second-order valence-electron chi connectivity index (χ2n) is 3.91. The predicted octanol–water partition coefficient (Wildman–Crippen LogP) is 2.32. The van der Waals surface area contributed by atoms with Gasteiger partial charge < -0.3 is 4.98 Å². The molecule has 0 spiro atoms. The number of nitrogens with zero attached hydrogens (tertiary/aromatic N) is 3. The van der Waals surface area contributed by atoms with Gasteiger partial charge in [0.15, 0.2) is 5.16 Å². The van der Waals surface area contributed by atoms with Crippen molar-refractivity contribution in [2.45, 2.75) is 29.4 Å². The van der Waals surface area contributed by atoms with Crippen LogP contribution in [0.2, 0.25) is 0 Å². The first-order valence-electron chi connectivity index (χ1n) is 5.47. The number of imidazole rings is 1. The van der Waals surface area contributed by atoms with Crippen LogP contribution in [0.15, 0.2) is 28.6 Å². The molecule has 1 aliphatic carbocycles. The molecule has 1 aliphatic rings. The number of aromatic nitrogens is 3. The predicted molar refractivity (Wildman–Crippen MR) is 63.7 cm³/mol. The third-order valence-corrected chi connectivity index (χ3v) is 3.72. The Morgan fingerprint density at radius 3 is 3.12 bits per heavy atom. The average Bonchev–Trinajstić information content (AvgIpc) is 2.98. The van der Waals surface area contributed by atoms with Crippen molar-refractivity contribution >= 4 is 11.8 Å². The summed E-state index contributed by atoms with van der Waals surface area (Å²) in [6.45, 7) is 0. The van der Waals surface area contributed by atoms with Crippen molar-refractivity contribution in [1.82, 2.24) is 15.0 Å². The van der Waals surface area contributed by atoms with Crippen LogP contribution in [0.1, 0.15) is 23.2 Å². The van der Waals surface area contributed by atoms with Gasteiger partial charge in [-0.1, -0.05) is 0 Å². The molecule has 0 amide bonds. The molecule has 0 aromatic carbocycles. The molecule has 0 saturated carbocycles. The standard InChI is InChI=1S/C12H10N4S/c13-7-9-6-8-2-1-3-10(8)16-11(9)17-12-14-4-5-15-12/h4-6H,1-3H2,(H,14,15). The molecule has 84 valence electrons. The fourth-order valence-corrected chi connectivity index (χ4v) is 2.80. The van der Waals surface area contributed by atoms with E-state index in [-0.39, 0.29) is 0 Å². The van der Waals surface area contributed by atoms with Crippen LogP contribution < -0.4 is 0 Å². The number of nitriles is 1. The maximum Gasteiger partial charge on any atom is 0.171 e. The fourth-order valence-electron chi connectivity index (χ4n) is 2.01. The van der Waals surface area contributed by atoms with Crippen molar-refractivity contribution < 1.29 is 0 Å². The Morgan fingerprint density at radius 1 is 1.41 bits per heavy atom. The third-order valence-electron chi connectivity index (χ3n) is 2.80. The van der Waals surface area contributed by atoms with E-state index in [0.717, 1.165) is 35.1 Å². The summed E-state index contributed by atoms with van der Waals surface area (Å²) in [4.78, 5) is 11.7. The molecule has 0 aliphatic heterocycles. The molecule has 1 N–H and O–H groups in total. The molecule has 3 rings (SSSR count). The number of rotatable bonds is 2. The molecule has 0 atom stereocenters. The Kier molecular flexibility index (Phi) is 2.57. The highest BCUT2D eigenvalue weighted by atomic mass is 32.2. The van der Waals surface area contributed by atoms with E-state index in [0.29, 0.717) is 5.56 Å². The number of aromatic amines is 1. The van der Waals surface area contributed by atoms with Crippen molar-refractivity contribution in [3.63, 3.8) is 0 Å². The van der Waals surface area contributed by atoms with Gasteiger partial charge in [-0.3, -0.25) is 0 Å². The largest absolute Gasteiger partial charge is 0.339 e. The zero-order chi connectivity index (χ0) is 11.7. The Morgan fingerprint density at radius 2 is 2.35 bits per heavy atom. The van der Waals surface area contributed by atoms with E-state index in [1.165, 1.54) is 17.3 Å². The SMILES string of the molecule is N#Cc1cc2c(nc1Sc1ncc[nH]1)CCC2. The lowest BCUT2D eigenvalue weighted by Gasteiger charge is -2.04. The second-order valence-corrected chi connectivity index (χ2v) is 4.89. The van der Waals surface area contributed by atoms with Crippen LogP contribution in [-0.4, -0.2) is 15.0 Å². The zero-order valence-corrected chi connectivity index (χ0v) is 9.92. The minimum Gasteiger partial charge on any atom is -0.339 e. The maximum absolute atomic E-state index is 9.14. The lowest BCUT2D eigenvalue weighted by Crippen LogP contribution is -1.95. The van der Waals surface area contributed by atoms with Crippen LogP contribution in [0, 0.1) is 11.3 Å². The molecule has 0 radical (unpaired) electrons. The molecule has 0 bridgehead atoms. The van der Waals surface area contributed by atoms with Crippen molar-refractivity contribution in [2.24, 2.45) is 0 Å². The average molecular weight is 242 g/mol. The first-order chi connectivity index (χ1) is 8.36. The molecule has 2 aromatic rings. The highest BCUT2D eigenvalue weighted by molar-refractivity contribution is 7.99. The summed E-state index contributed by atoms with van der Waals surface area (Å²) in [7, 11) is 0.